The highest BCUT2D eigenvalue weighted by Crippen LogP contribution is 2.22. The molecule has 0 aliphatic rings. The molecule has 0 aromatic carbocycles. The largest absolute Gasteiger partial charge is 0.480 e. The van der Waals surface area contributed by atoms with E-state index >= 15 is 0 Å². The molecule has 0 saturated carbocycles. The molecule has 0 radical (unpaired) electrons. The van der Waals surface area contributed by atoms with Crippen LogP contribution in [0, 0.1) is 6.92 Å². The number of ether oxygens (including phenoxy) is 1. The molecule has 1 rings (SSSR count). The molecule has 1 N–H and O–H groups in total. The monoisotopic (exact) mass is 225 g/mol. The van der Waals surface area contributed by atoms with Gasteiger partial charge in [0.2, 0.25) is 5.88 Å². The summed E-state index contributed by atoms with van der Waals surface area (Å²) in [5.74, 6) is 0.157. The molecular formula is C10H15N3O3. The van der Waals surface area contributed by atoms with Gasteiger partial charge in [0.15, 0.2) is 0 Å². The van der Waals surface area contributed by atoms with Crippen LogP contribution in [0.2, 0.25) is 0 Å². The van der Waals surface area contributed by atoms with Crippen LogP contribution in [0.5, 0.6) is 5.88 Å². The lowest BCUT2D eigenvalue weighted by Gasteiger charge is -2.18. The second-order valence-corrected chi connectivity index (χ2v) is 3.31. The summed E-state index contributed by atoms with van der Waals surface area (Å²) in [6, 6.07) is 0. The van der Waals surface area contributed by atoms with Gasteiger partial charge in [-0.25, -0.2) is 9.97 Å². The third kappa shape index (κ3) is 2.82. The molecule has 0 fully saturated rings. The van der Waals surface area contributed by atoms with Gasteiger partial charge < -0.3 is 14.7 Å². The summed E-state index contributed by atoms with van der Waals surface area (Å²) in [5.41, 5.74) is 0.744. The molecule has 1 heterocycles. The van der Waals surface area contributed by atoms with Crippen LogP contribution in [0.3, 0.4) is 0 Å². The van der Waals surface area contributed by atoms with Crippen molar-refractivity contribution in [2.75, 3.05) is 25.1 Å². The minimum absolute atomic E-state index is 0.108. The highest BCUT2D eigenvalue weighted by Gasteiger charge is 2.13. The molecule has 1 aromatic heterocycles. The van der Waals surface area contributed by atoms with E-state index in [4.69, 9.17) is 9.84 Å². The summed E-state index contributed by atoms with van der Waals surface area (Å²) in [6.45, 7) is 4.07. The number of anilines is 1. The molecule has 0 aliphatic heterocycles. The van der Waals surface area contributed by atoms with Crippen molar-refractivity contribution in [3.8, 4) is 5.88 Å². The molecule has 0 bridgehead atoms. The summed E-state index contributed by atoms with van der Waals surface area (Å²) in [6.07, 6.45) is 1.37. The standard InChI is InChI=1S/C10H15N3O3/c1-4-16-10-7(2)9(11-6-12-10)13(3)5-8(14)15/h6H,4-5H2,1-3H3,(H,14,15). The van der Waals surface area contributed by atoms with E-state index in [2.05, 4.69) is 9.97 Å². The first-order valence-corrected chi connectivity index (χ1v) is 4.93. The van der Waals surface area contributed by atoms with Crippen LogP contribution >= 0.6 is 0 Å². The summed E-state index contributed by atoms with van der Waals surface area (Å²) < 4.78 is 5.31. The SMILES string of the molecule is CCOc1ncnc(N(C)CC(=O)O)c1C. The number of carboxylic acid groups (broad SMARTS) is 1. The molecule has 0 amide bonds. The Morgan fingerprint density at radius 1 is 1.56 bits per heavy atom. The third-order valence-electron chi connectivity index (χ3n) is 2.03. The van der Waals surface area contributed by atoms with Gasteiger partial charge in [0.05, 0.1) is 12.2 Å². The molecular weight excluding hydrogens is 210 g/mol. The molecule has 6 heteroatoms. The van der Waals surface area contributed by atoms with E-state index in [-0.39, 0.29) is 6.54 Å². The maximum atomic E-state index is 10.6. The molecule has 6 nitrogen and oxygen atoms in total. The van der Waals surface area contributed by atoms with Crippen LogP contribution in [0.1, 0.15) is 12.5 Å². The average molecular weight is 225 g/mol. The van der Waals surface area contributed by atoms with Crippen molar-refractivity contribution in [3.05, 3.63) is 11.9 Å². The summed E-state index contributed by atoms with van der Waals surface area (Å²) in [4.78, 5) is 20.2. The maximum Gasteiger partial charge on any atom is 0.323 e. The zero-order valence-corrected chi connectivity index (χ0v) is 9.60. The Labute approximate surface area is 93.9 Å². The lowest BCUT2D eigenvalue weighted by molar-refractivity contribution is -0.135. The zero-order valence-electron chi connectivity index (χ0n) is 9.60. The van der Waals surface area contributed by atoms with Crippen molar-refractivity contribution in [3.63, 3.8) is 0 Å². The second-order valence-electron chi connectivity index (χ2n) is 3.31. The van der Waals surface area contributed by atoms with Gasteiger partial charge in [-0.1, -0.05) is 0 Å². The average Bonchev–Trinajstić information content (AvgIpc) is 2.20. The Hall–Kier alpha value is -1.85. The van der Waals surface area contributed by atoms with E-state index in [1.54, 1.807) is 18.9 Å². The Balaban J connectivity index is 2.95. The molecule has 88 valence electrons. The van der Waals surface area contributed by atoms with Crippen LogP contribution in [0.15, 0.2) is 6.33 Å². The first-order chi connectivity index (χ1) is 7.56. The maximum absolute atomic E-state index is 10.6. The number of aromatic nitrogens is 2. The fourth-order valence-corrected chi connectivity index (χ4v) is 1.37. The fourth-order valence-electron chi connectivity index (χ4n) is 1.37. The number of likely N-dealkylation sites (N-methyl/N-ethyl adjacent to an activating group) is 1. The van der Waals surface area contributed by atoms with Crippen molar-refractivity contribution >= 4 is 11.8 Å². The van der Waals surface area contributed by atoms with Gasteiger partial charge in [-0.2, -0.15) is 0 Å². The Morgan fingerprint density at radius 3 is 2.81 bits per heavy atom. The number of nitrogens with zero attached hydrogens (tertiary/aromatic N) is 3. The van der Waals surface area contributed by atoms with Crippen molar-refractivity contribution < 1.29 is 14.6 Å². The highest BCUT2D eigenvalue weighted by molar-refractivity contribution is 5.73. The number of carbonyl (C=O) groups is 1. The van der Waals surface area contributed by atoms with Gasteiger partial charge in [0, 0.05) is 7.05 Å². The number of aliphatic carboxylic acids is 1. The van der Waals surface area contributed by atoms with Gasteiger partial charge in [0.1, 0.15) is 18.7 Å². The van der Waals surface area contributed by atoms with Gasteiger partial charge in [-0.15, -0.1) is 0 Å². The van der Waals surface area contributed by atoms with E-state index in [1.165, 1.54) is 6.33 Å². The molecule has 16 heavy (non-hydrogen) atoms. The van der Waals surface area contributed by atoms with E-state index in [0.717, 1.165) is 5.56 Å². The number of rotatable bonds is 5. The van der Waals surface area contributed by atoms with Crippen molar-refractivity contribution in [1.29, 1.82) is 0 Å². The summed E-state index contributed by atoms with van der Waals surface area (Å²) in [5, 5.41) is 8.69. The van der Waals surface area contributed by atoms with Gasteiger partial charge in [-0.05, 0) is 13.8 Å². The number of hydrogen-bond acceptors (Lipinski definition) is 5. The first-order valence-electron chi connectivity index (χ1n) is 4.93. The van der Waals surface area contributed by atoms with Gasteiger partial charge >= 0.3 is 5.97 Å². The third-order valence-corrected chi connectivity index (χ3v) is 2.03. The van der Waals surface area contributed by atoms with Crippen molar-refractivity contribution in [2.24, 2.45) is 0 Å². The number of hydrogen-bond donors (Lipinski definition) is 1. The van der Waals surface area contributed by atoms with E-state index in [9.17, 15) is 4.79 Å². The van der Waals surface area contributed by atoms with Crippen molar-refractivity contribution in [1.82, 2.24) is 9.97 Å². The van der Waals surface area contributed by atoms with Crippen LogP contribution in [-0.2, 0) is 4.79 Å². The Bertz CT molecular complexity index is 382. The predicted octanol–water partition coefficient (Wildman–Crippen LogP) is 0.705. The van der Waals surface area contributed by atoms with E-state index < -0.39 is 5.97 Å². The highest BCUT2D eigenvalue weighted by atomic mass is 16.5. The molecule has 0 aliphatic carbocycles. The zero-order chi connectivity index (χ0) is 12.1. The van der Waals surface area contributed by atoms with Gasteiger partial charge in [0.25, 0.3) is 0 Å². The summed E-state index contributed by atoms with van der Waals surface area (Å²) >= 11 is 0. The van der Waals surface area contributed by atoms with E-state index in [0.29, 0.717) is 18.3 Å². The van der Waals surface area contributed by atoms with Crippen LogP contribution in [0.25, 0.3) is 0 Å². The van der Waals surface area contributed by atoms with Crippen LogP contribution in [-0.4, -0.2) is 41.2 Å². The Morgan fingerprint density at radius 2 is 2.25 bits per heavy atom. The minimum Gasteiger partial charge on any atom is -0.480 e. The molecule has 0 atom stereocenters. The lowest BCUT2D eigenvalue weighted by Crippen LogP contribution is -2.26. The quantitative estimate of drug-likeness (QED) is 0.795. The molecule has 0 saturated heterocycles. The van der Waals surface area contributed by atoms with Crippen molar-refractivity contribution in [2.45, 2.75) is 13.8 Å². The van der Waals surface area contributed by atoms with Gasteiger partial charge in [-0.3, -0.25) is 4.79 Å². The van der Waals surface area contributed by atoms with Crippen LogP contribution in [0.4, 0.5) is 5.82 Å². The smallest absolute Gasteiger partial charge is 0.323 e. The first kappa shape index (κ1) is 12.2. The normalized spacial score (nSPS) is 9.94. The fraction of sp³-hybridized carbons (Fsp3) is 0.500. The molecule has 0 spiro atoms. The summed E-state index contributed by atoms with van der Waals surface area (Å²) in [7, 11) is 1.67. The second kappa shape index (κ2) is 5.29. The lowest BCUT2D eigenvalue weighted by atomic mass is 10.3. The van der Waals surface area contributed by atoms with E-state index in [1.807, 2.05) is 6.92 Å². The van der Waals surface area contributed by atoms with Crippen LogP contribution < -0.4 is 9.64 Å². The minimum atomic E-state index is -0.904. The Kier molecular flexibility index (Phi) is 4.04. The number of carboxylic acids is 1. The molecule has 0 unspecified atom stereocenters. The topological polar surface area (TPSA) is 75.6 Å². The molecule has 1 aromatic rings. The predicted molar refractivity (Wildman–Crippen MR) is 58.8 cm³/mol.